The summed E-state index contributed by atoms with van der Waals surface area (Å²) in [4.78, 5) is 41.7. The summed E-state index contributed by atoms with van der Waals surface area (Å²) in [6.45, 7) is 6.18. The topological polar surface area (TPSA) is 112 Å². The SMILES string of the molecule is Cc1nc(CC(C)C)cc(C(=O)N2CCc3[nH]cnc3[C@H]2C(=O)O)n1. The molecule has 0 saturated heterocycles. The van der Waals surface area contributed by atoms with Gasteiger partial charge in [0.25, 0.3) is 5.91 Å². The van der Waals surface area contributed by atoms with E-state index in [1.807, 2.05) is 0 Å². The van der Waals surface area contributed by atoms with Gasteiger partial charge in [0.05, 0.1) is 12.0 Å². The maximum Gasteiger partial charge on any atom is 0.332 e. The number of amides is 1. The number of nitrogens with one attached hydrogen (secondary N) is 1. The van der Waals surface area contributed by atoms with E-state index < -0.39 is 17.9 Å². The van der Waals surface area contributed by atoms with Gasteiger partial charge in [0.15, 0.2) is 6.04 Å². The normalized spacial score (nSPS) is 16.8. The van der Waals surface area contributed by atoms with Crippen molar-refractivity contribution in [3.8, 4) is 0 Å². The van der Waals surface area contributed by atoms with Crippen molar-refractivity contribution < 1.29 is 14.7 Å². The Kier molecular flexibility index (Phi) is 4.52. The number of rotatable bonds is 4. The molecule has 0 aromatic carbocycles. The van der Waals surface area contributed by atoms with Gasteiger partial charge in [-0.3, -0.25) is 4.79 Å². The molecule has 0 radical (unpaired) electrons. The Morgan fingerprint density at radius 3 is 2.84 bits per heavy atom. The van der Waals surface area contributed by atoms with Crippen LogP contribution in [-0.2, 0) is 17.6 Å². The third-order valence-corrected chi connectivity index (χ3v) is 4.15. The Bertz CT molecular complexity index is 814. The number of hydrogen-bond donors (Lipinski definition) is 2. The monoisotopic (exact) mass is 343 g/mol. The van der Waals surface area contributed by atoms with Crippen LogP contribution in [0, 0.1) is 12.8 Å². The Labute approximate surface area is 145 Å². The van der Waals surface area contributed by atoms with Gasteiger partial charge in [0.1, 0.15) is 11.5 Å². The quantitative estimate of drug-likeness (QED) is 0.870. The minimum absolute atomic E-state index is 0.230. The van der Waals surface area contributed by atoms with Crippen molar-refractivity contribution in [1.29, 1.82) is 0 Å². The Balaban J connectivity index is 1.95. The van der Waals surface area contributed by atoms with E-state index in [9.17, 15) is 14.7 Å². The minimum atomic E-state index is -1.11. The Morgan fingerprint density at radius 1 is 1.40 bits per heavy atom. The van der Waals surface area contributed by atoms with Gasteiger partial charge in [-0.1, -0.05) is 13.8 Å². The predicted octanol–water partition coefficient (Wildman–Crippen LogP) is 1.53. The number of aromatic amines is 1. The van der Waals surface area contributed by atoms with Crippen LogP contribution in [0.4, 0.5) is 0 Å². The zero-order valence-electron chi connectivity index (χ0n) is 14.5. The van der Waals surface area contributed by atoms with E-state index in [0.29, 0.717) is 30.4 Å². The number of carboxylic acids is 1. The van der Waals surface area contributed by atoms with Crippen LogP contribution >= 0.6 is 0 Å². The average Bonchev–Trinajstić information content (AvgIpc) is 3.00. The van der Waals surface area contributed by atoms with Crippen LogP contribution in [-0.4, -0.2) is 48.4 Å². The van der Waals surface area contributed by atoms with Crippen LogP contribution in [0.1, 0.15) is 53.3 Å². The molecule has 25 heavy (non-hydrogen) atoms. The Morgan fingerprint density at radius 2 is 2.16 bits per heavy atom. The number of aliphatic carboxylic acids is 1. The van der Waals surface area contributed by atoms with Crippen molar-refractivity contribution in [2.45, 2.75) is 39.7 Å². The summed E-state index contributed by atoms with van der Waals surface area (Å²) in [5, 5.41) is 9.62. The van der Waals surface area contributed by atoms with E-state index in [1.54, 1.807) is 13.0 Å². The number of carbonyl (C=O) groups is 2. The highest BCUT2D eigenvalue weighted by Gasteiger charge is 2.38. The minimum Gasteiger partial charge on any atom is -0.479 e. The Hall–Kier alpha value is -2.77. The van der Waals surface area contributed by atoms with Gasteiger partial charge in [-0.15, -0.1) is 0 Å². The van der Waals surface area contributed by atoms with Gasteiger partial charge in [-0.2, -0.15) is 0 Å². The summed E-state index contributed by atoms with van der Waals surface area (Å²) in [7, 11) is 0. The molecule has 1 amide bonds. The number of aryl methyl sites for hydroxylation is 1. The number of nitrogens with zero attached hydrogens (tertiary/aromatic N) is 4. The number of carboxylic acid groups (broad SMARTS) is 1. The molecule has 132 valence electrons. The molecular formula is C17H21N5O3. The molecule has 1 aliphatic rings. The van der Waals surface area contributed by atoms with Crippen molar-refractivity contribution in [3.63, 3.8) is 0 Å². The van der Waals surface area contributed by atoms with Gasteiger partial charge in [-0.05, 0) is 25.3 Å². The first-order valence-electron chi connectivity index (χ1n) is 8.27. The van der Waals surface area contributed by atoms with E-state index in [1.165, 1.54) is 11.2 Å². The summed E-state index contributed by atoms with van der Waals surface area (Å²) < 4.78 is 0. The van der Waals surface area contributed by atoms with Crippen LogP contribution in [0.5, 0.6) is 0 Å². The summed E-state index contributed by atoms with van der Waals surface area (Å²) in [5.41, 5.74) is 2.17. The number of imidazole rings is 1. The van der Waals surface area contributed by atoms with Crippen LogP contribution in [0.25, 0.3) is 0 Å². The number of H-pyrrole nitrogens is 1. The molecule has 8 heteroatoms. The molecule has 0 bridgehead atoms. The van der Waals surface area contributed by atoms with Gasteiger partial charge in [0, 0.05) is 24.4 Å². The molecule has 8 nitrogen and oxygen atoms in total. The molecule has 2 aromatic heterocycles. The van der Waals surface area contributed by atoms with E-state index in [0.717, 1.165) is 17.8 Å². The molecule has 0 saturated carbocycles. The van der Waals surface area contributed by atoms with Gasteiger partial charge in [-0.25, -0.2) is 19.7 Å². The van der Waals surface area contributed by atoms with Gasteiger partial charge >= 0.3 is 5.97 Å². The molecule has 2 aromatic rings. The predicted molar refractivity (Wildman–Crippen MR) is 89.0 cm³/mol. The molecule has 0 aliphatic carbocycles. The number of fused-ring (bicyclic) bond motifs is 1. The molecule has 2 N–H and O–H groups in total. The second-order valence-electron chi connectivity index (χ2n) is 6.65. The van der Waals surface area contributed by atoms with E-state index >= 15 is 0 Å². The zero-order valence-corrected chi connectivity index (χ0v) is 14.5. The highest BCUT2D eigenvalue weighted by Crippen LogP contribution is 2.28. The van der Waals surface area contributed by atoms with Crippen molar-refractivity contribution in [3.05, 3.63) is 41.0 Å². The molecule has 1 aliphatic heterocycles. The first-order valence-corrected chi connectivity index (χ1v) is 8.27. The lowest BCUT2D eigenvalue weighted by Crippen LogP contribution is -2.44. The third-order valence-electron chi connectivity index (χ3n) is 4.15. The van der Waals surface area contributed by atoms with Crippen LogP contribution < -0.4 is 0 Å². The highest BCUT2D eigenvalue weighted by atomic mass is 16.4. The standard InChI is InChI=1S/C17H21N5O3/c1-9(2)6-11-7-13(21-10(3)20-11)16(23)22-5-4-12-14(19-8-18-12)15(22)17(24)25/h7-9,15H,4-6H2,1-3H3,(H,18,19)(H,24,25)/t15-/m0/s1. The van der Waals surface area contributed by atoms with E-state index in [4.69, 9.17) is 0 Å². The average molecular weight is 343 g/mol. The maximum atomic E-state index is 13.0. The smallest absolute Gasteiger partial charge is 0.332 e. The van der Waals surface area contributed by atoms with E-state index in [-0.39, 0.29) is 5.69 Å². The third kappa shape index (κ3) is 3.38. The molecule has 0 unspecified atom stereocenters. The van der Waals surface area contributed by atoms with Crippen LogP contribution in [0.15, 0.2) is 12.4 Å². The maximum absolute atomic E-state index is 13.0. The summed E-state index contributed by atoms with van der Waals surface area (Å²) >= 11 is 0. The lowest BCUT2D eigenvalue weighted by atomic mass is 10.0. The number of carbonyl (C=O) groups excluding carboxylic acids is 1. The lowest BCUT2D eigenvalue weighted by molar-refractivity contribution is -0.143. The van der Waals surface area contributed by atoms with Crippen molar-refractivity contribution in [2.75, 3.05) is 6.54 Å². The molecule has 3 heterocycles. The van der Waals surface area contributed by atoms with Crippen LogP contribution in [0.3, 0.4) is 0 Å². The lowest BCUT2D eigenvalue weighted by Gasteiger charge is -2.32. The fraction of sp³-hybridized carbons (Fsp3) is 0.471. The summed E-state index contributed by atoms with van der Waals surface area (Å²) in [6.07, 6.45) is 2.73. The zero-order chi connectivity index (χ0) is 18.1. The summed E-state index contributed by atoms with van der Waals surface area (Å²) in [5.74, 6) is -0.609. The number of aromatic nitrogens is 4. The second kappa shape index (κ2) is 6.62. The summed E-state index contributed by atoms with van der Waals surface area (Å²) in [6, 6.07) is 0.556. The molecule has 0 fully saturated rings. The first kappa shape index (κ1) is 17.1. The van der Waals surface area contributed by atoms with Crippen LogP contribution in [0.2, 0.25) is 0 Å². The highest BCUT2D eigenvalue weighted by molar-refractivity contribution is 5.95. The van der Waals surface area contributed by atoms with Crippen molar-refractivity contribution >= 4 is 11.9 Å². The molecule has 3 rings (SSSR count). The second-order valence-corrected chi connectivity index (χ2v) is 6.65. The molecule has 0 spiro atoms. The fourth-order valence-corrected chi connectivity index (χ4v) is 3.15. The van der Waals surface area contributed by atoms with E-state index in [2.05, 4.69) is 33.8 Å². The van der Waals surface area contributed by atoms with Crippen molar-refractivity contribution in [1.82, 2.24) is 24.8 Å². The van der Waals surface area contributed by atoms with Gasteiger partial charge in [0.2, 0.25) is 0 Å². The fourth-order valence-electron chi connectivity index (χ4n) is 3.15. The molecule has 1 atom stereocenters. The number of hydrogen-bond acceptors (Lipinski definition) is 5. The molecular weight excluding hydrogens is 322 g/mol. The van der Waals surface area contributed by atoms with Crippen molar-refractivity contribution in [2.24, 2.45) is 5.92 Å². The van der Waals surface area contributed by atoms with Gasteiger partial charge < -0.3 is 15.0 Å². The first-order chi connectivity index (χ1) is 11.9. The largest absolute Gasteiger partial charge is 0.479 e.